The predicted molar refractivity (Wildman–Crippen MR) is 86.3 cm³/mol. The first-order chi connectivity index (χ1) is 11.0. The Kier molecular flexibility index (Phi) is 5.36. The molecule has 2 aromatic rings. The Balaban J connectivity index is 2.24. The van der Waals surface area contributed by atoms with E-state index in [9.17, 15) is 9.59 Å². The summed E-state index contributed by atoms with van der Waals surface area (Å²) in [5, 5.41) is 0. The molecule has 0 aliphatic rings. The fourth-order valence-corrected chi connectivity index (χ4v) is 2.05. The third-order valence-corrected chi connectivity index (χ3v) is 3.30. The Morgan fingerprint density at radius 3 is 2.09 bits per heavy atom. The Bertz CT molecular complexity index is 665. The molecule has 23 heavy (non-hydrogen) atoms. The van der Waals surface area contributed by atoms with Crippen LogP contribution < -0.4 is 4.74 Å². The van der Waals surface area contributed by atoms with Crippen LogP contribution in [0.2, 0.25) is 0 Å². The monoisotopic (exact) mass is 313 g/mol. The third-order valence-electron chi connectivity index (χ3n) is 3.30. The van der Waals surface area contributed by atoms with Crippen molar-refractivity contribution < 1.29 is 19.1 Å². The Hall–Kier alpha value is -2.82. The highest BCUT2D eigenvalue weighted by Crippen LogP contribution is 2.24. The van der Waals surface area contributed by atoms with Gasteiger partial charge in [-0.2, -0.15) is 0 Å². The van der Waals surface area contributed by atoms with Crippen LogP contribution in [0.1, 0.15) is 22.0 Å². The summed E-state index contributed by atoms with van der Waals surface area (Å²) in [7, 11) is 4.69. The first-order valence-electron chi connectivity index (χ1n) is 7.14. The molecule has 5 nitrogen and oxygen atoms in total. The van der Waals surface area contributed by atoms with Crippen LogP contribution in [0.5, 0.6) is 5.75 Å². The van der Waals surface area contributed by atoms with Crippen molar-refractivity contribution in [3.8, 4) is 5.75 Å². The van der Waals surface area contributed by atoms with Gasteiger partial charge in [-0.25, -0.2) is 4.79 Å². The number of amides is 1. The van der Waals surface area contributed by atoms with Crippen LogP contribution in [-0.4, -0.2) is 38.0 Å². The van der Waals surface area contributed by atoms with Crippen molar-refractivity contribution in [2.24, 2.45) is 0 Å². The fourth-order valence-electron chi connectivity index (χ4n) is 2.05. The van der Waals surface area contributed by atoms with Gasteiger partial charge >= 0.3 is 5.97 Å². The van der Waals surface area contributed by atoms with E-state index in [-0.39, 0.29) is 5.91 Å². The summed E-state index contributed by atoms with van der Waals surface area (Å²) in [6, 6.07) is 15.8. The lowest BCUT2D eigenvalue weighted by Gasteiger charge is -2.22. The zero-order chi connectivity index (χ0) is 16.8. The highest BCUT2D eigenvalue weighted by Gasteiger charge is 2.24. The lowest BCUT2D eigenvalue weighted by molar-refractivity contribution is -0.136. The topological polar surface area (TPSA) is 55.8 Å². The van der Waals surface area contributed by atoms with Crippen LogP contribution >= 0.6 is 0 Å². The summed E-state index contributed by atoms with van der Waals surface area (Å²) in [6.07, 6.45) is -0.741. The molecule has 120 valence electrons. The number of hydrogen-bond acceptors (Lipinski definition) is 4. The molecule has 2 aromatic carbocycles. The van der Waals surface area contributed by atoms with Gasteiger partial charge in [0, 0.05) is 19.7 Å². The molecule has 0 N–H and O–H groups in total. The predicted octanol–water partition coefficient (Wildman–Crippen LogP) is 2.68. The maximum atomic E-state index is 12.4. The largest absolute Gasteiger partial charge is 0.476 e. The summed E-state index contributed by atoms with van der Waals surface area (Å²) in [5.41, 5.74) is 1.19. The van der Waals surface area contributed by atoms with Crippen molar-refractivity contribution in [2.75, 3.05) is 21.2 Å². The van der Waals surface area contributed by atoms with Gasteiger partial charge in [0.2, 0.25) is 6.10 Å². The molecule has 0 saturated carbocycles. The normalized spacial score (nSPS) is 11.4. The molecule has 5 heteroatoms. The van der Waals surface area contributed by atoms with Crippen LogP contribution in [0.25, 0.3) is 0 Å². The van der Waals surface area contributed by atoms with Crippen molar-refractivity contribution in [2.45, 2.75) is 6.10 Å². The molecule has 1 atom stereocenters. The molecule has 1 amide bonds. The number of hydrogen-bond donors (Lipinski definition) is 0. The number of carbonyl (C=O) groups is 2. The van der Waals surface area contributed by atoms with Gasteiger partial charge in [0.1, 0.15) is 5.75 Å². The van der Waals surface area contributed by atoms with Crippen molar-refractivity contribution >= 4 is 11.9 Å². The average Bonchev–Trinajstić information content (AvgIpc) is 2.59. The van der Waals surface area contributed by atoms with Gasteiger partial charge < -0.3 is 14.4 Å². The maximum Gasteiger partial charge on any atom is 0.337 e. The van der Waals surface area contributed by atoms with E-state index in [1.54, 1.807) is 38.4 Å². The molecule has 0 unspecified atom stereocenters. The zero-order valence-corrected chi connectivity index (χ0v) is 13.4. The van der Waals surface area contributed by atoms with Crippen molar-refractivity contribution in [1.82, 2.24) is 4.90 Å². The van der Waals surface area contributed by atoms with Crippen molar-refractivity contribution in [1.29, 1.82) is 0 Å². The quantitative estimate of drug-likeness (QED) is 0.796. The summed E-state index contributed by atoms with van der Waals surface area (Å²) in [4.78, 5) is 25.3. The van der Waals surface area contributed by atoms with Crippen LogP contribution in [0.15, 0.2) is 54.6 Å². The second-order valence-corrected chi connectivity index (χ2v) is 5.16. The fraction of sp³-hybridized carbons (Fsp3) is 0.222. The number of nitrogens with zero attached hydrogens (tertiary/aromatic N) is 1. The number of rotatable bonds is 5. The highest BCUT2D eigenvalue weighted by molar-refractivity contribution is 5.89. The number of benzene rings is 2. The van der Waals surface area contributed by atoms with Crippen LogP contribution in [0.3, 0.4) is 0 Å². The van der Waals surface area contributed by atoms with Crippen LogP contribution in [0, 0.1) is 0 Å². The summed E-state index contributed by atoms with van der Waals surface area (Å²) < 4.78 is 10.5. The molecule has 0 saturated heterocycles. The number of esters is 1. The molecule has 0 bridgehead atoms. The molecule has 0 radical (unpaired) electrons. The summed E-state index contributed by atoms with van der Waals surface area (Å²) >= 11 is 0. The summed E-state index contributed by atoms with van der Waals surface area (Å²) in [5.74, 6) is -0.0736. The second-order valence-electron chi connectivity index (χ2n) is 5.16. The molecule has 0 fully saturated rings. The number of likely N-dealkylation sites (N-methyl/N-ethyl adjacent to an activating group) is 1. The van der Waals surface area contributed by atoms with Gasteiger partial charge in [0.25, 0.3) is 5.91 Å². The van der Waals surface area contributed by atoms with Gasteiger partial charge in [-0.15, -0.1) is 0 Å². The average molecular weight is 313 g/mol. The van der Waals surface area contributed by atoms with Gasteiger partial charge in [0.05, 0.1) is 12.7 Å². The summed E-state index contributed by atoms with van der Waals surface area (Å²) in [6.45, 7) is 0. The minimum absolute atomic E-state index is 0.159. The minimum Gasteiger partial charge on any atom is -0.476 e. The number of carbonyl (C=O) groups excluding carboxylic acids is 2. The Morgan fingerprint density at radius 1 is 0.957 bits per heavy atom. The molecule has 2 rings (SSSR count). The smallest absolute Gasteiger partial charge is 0.337 e. The molecule has 0 aromatic heterocycles. The van der Waals surface area contributed by atoms with Gasteiger partial charge in [-0.05, 0) is 24.3 Å². The van der Waals surface area contributed by atoms with E-state index in [0.717, 1.165) is 5.56 Å². The van der Waals surface area contributed by atoms with E-state index < -0.39 is 12.1 Å². The first kappa shape index (κ1) is 16.5. The number of methoxy groups -OCH3 is 1. The standard InChI is InChI=1S/C18H19NO4/c1-19(2)17(20)16(13-7-5-4-6-8-13)23-15-11-9-14(10-12-15)18(21)22-3/h4-12,16H,1-3H3/t16-/m1/s1. The molecule has 0 heterocycles. The van der Waals surface area contributed by atoms with E-state index in [0.29, 0.717) is 11.3 Å². The molecular formula is C18H19NO4. The molecular weight excluding hydrogens is 294 g/mol. The molecule has 0 spiro atoms. The zero-order valence-electron chi connectivity index (χ0n) is 13.4. The van der Waals surface area contributed by atoms with E-state index >= 15 is 0 Å². The Labute approximate surface area is 135 Å². The lowest BCUT2D eigenvalue weighted by atomic mass is 10.1. The molecule has 0 aliphatic heterocycles. The van der Waals surface area contributed by atoms with Gasteiger partial charge in [-0.1, -0.05) is 30.3 Å². The van der Waals surface area contributed by atoms with Gasteiger partial charge in [0.15, 0.2) is 0 Å². The van der Waals surface area contributed by atoms with E-state index in [1.807, 2.05) is 30.3 Å². The molecule has 0 aliphatic carbocycles. The first-order valence-corrected chi connectivity index (χ1v) is 7.14. The van der Waals surface area contributed by atoms with Crippen molar-refractivity contribution in [3.63, 3.8) is 0 Å². The maximum absolute atomic E-state index is 12.4. The second kappa shape index (κ2) is 7.45. The SMILES string of the molecule is COC(=O)c1ccc(O[C@@H](C(=O)N(C)C)c2ccccc2)cc1. The minimum atomic E-state index is -0.741. The Morgan fingerprint density at radius 2 is 1.57 bits per heavy atom. The van der Waals surface area contributed by atoms with Crippen molar-refractivity contribution in [3.05, 3.63) is 65.7 Å². The van der Waals surface area contributed by atoms with E-state index in [4.69, 9.17) is 4.74 Å². The van der Waals surface area contributed by atoms with Gasteiger partial charge in [-0.3, -0.25) is 4.79 Å². The van der Waals surface area contributed by atoms with E-state index in [2.05, 4.69) is 4.74 Å². The lowest BCUT2D eigenvalue weighted by Crippen LogP contribution is -2.31. The third kappa shape index (κ3) is 4.10. The van der Waals surface area contributed by atoms with E-state index in [1.165, 1.54) is 12.0 Å². The van der Waals surface area contributed by atoms with Crippen LogP contribution in [0.4, 0.5) is 0 Å². The highest BCUT2D eigenvalue weighted by atomic mass is 16.5. The number of ether oxygens (including phenoxy) is 2. The van der Waals surface area contributed by atoms with Crippen LogP contribution in [-0.2, 0) is 9.53 Å².